The molecule has 12 heavy (non-hydrogen) atoms. The van der Waals surface area contributed by atoms with E-state index in [1.807, 2.05) is 0 Å². The molecule has 0 atom stereocenters. The highest BCUT2D eigenvalue weighted by molar-refractivity contribution is 5.82. The van der Waals surface area contributed by atoms with Crippen LogP contribution in [0.4, 0.5) is 8.78 Å². The average molecular weight is 169 g/mol. The van der Waals surface area contributed by atoms with Gasteiger partial charge in [0.1, 0.15) is 0 Å². The molecule has 0 aromatic heterocycles. The molecule has 64 valence electrons. The van der Waals surface area contributed by atoms with Gasteiger partial charge in [0.2, 0.25) is 0 Å². The standard InChI is InChI=1S/C9H9F2N/c1-7-4-3-5-8(6-12-7)9(2,10)11/h3,5-6H,1-2H3. The second-order valence-electron chi connectivity index (χ2n) is 2.66. The van der Waals surface area contributed by atoms with E-state index >= 15 is 0 Å². The van der Waals surface area contributed by atoms with Crippen molar-refractivity contribution in [3.63, 3.8) is 0 Å². The Kier molecular flexibility index (Phi) is 2.25. The molecule has 0 spiro atoms. The molecule has 0 unspecified atom stereocenters. The van der Waals surface area contributed by atoms with Gasteiger partial charge in [-0.1, -0.05) is 5.73 Å². The Morgan fingerprint density at radius 2 is 2.17 bits per heavy atom. The quantitative estimate of drug-likeness (QED) is 0.535. The van der Waals surface area contributed by atoms with E-state index in [1.165, 1.54) is 18.4 Å². The van der Waals surface area contributed by atoms with Crippen molar-refractivity contribution in [3.8, 4) is 0 Å². The number of alkyl halides is 2. The lowest BCUT2D eigenvalue weighted by atomic mass is 10.1. The third kappa shape index (κ3) is 2.14. The molecular weight excluding hydrogens is 160 g/mol. The summed E-state index contributed by atoms with van der Waals surface area (Å²) in [7, 11) is 0. The first-order valence-electron chi connectivity index (χ1n) is 3.56. The second-order valence-corrected chi connectivity index (χ2v) is 2.66. The van der Waals surface area contributed by atoms with E-state index in [9.17, 15) is 8.78 Å². The van der Waals surface area contributed by atoms with Gasteiger partial charge in [-0.25, -0.2) is 8.78 Å². The van der Waals surface area contributed by atoms with Gasteiger partial charge in [0, 0.05) is 18.7 Å². The molecule has 3 heteroatoms. The predicted molar refractivity (Wildman–Crippen MR) is 44.5 cm³/mol. The molecule has 0 saturated carbocycles. The molecule has 1 aliphatic heterocycles. The maximum absolute atomic E-state index is 12.7. The molecule has 0 aromatic carbocycles. The number of nitrogens with zero attached hydrogens (tertiary/aromatic N) is 1. The van der Waals surface area contributed by atoms with Gasteiger partial charge in [-0.3, -0.25) is 4.99 Å². The van der Waals surface area contributed by atoms with Crippen LogP contribution in [0.2, 0.25) is 0 Å². The van der Waals surface area contributed by atoms with Gasteiger partial charge in [-0.15, -0.1) is 0 Å². The largest absolute Gasteiger partial charge is 0.272 e. The van der Waals surface area contributed by atoms with Gasteiger partial charge in [0.25, 0.3) is 5.92 Å². The summed E-state index contributed by atoms with van der Waals surface area (Å²) in [5, 5.41) is 0. The molecule has 1 nitrogen and oxygen atoms in total. The molecular formula is C9H9F2N. The minimum Gasteiger partial charge on any atom is -0.253 e. The molecule has 0 aliphatic carbocycles. The highest BCUT2D eigenvalue weighted by Gasteiger charge is 2.25. The molecule has 0 N–H and O–H groups in total. The monoisotopic (exact) mass is 169 g/mol. The summed E-state index contributed by atoms with van der Waals surface area (Å²) in [6.45, 7) is 2.55. The third-order valence-electron chi connectivity index (χ3n) is 1.46. The first kappa shape index (κ1) is 8.88. The molecule has 0 radical (unpaired) electrons. The number of aliphatic imine (C=N–C) groups is 1. The Labute approximate surface area is 69.8 Å². The first-order chi connectivity index (χ1) is 5.50. The fourth-order valence-electron chi connectivity index (χ4n) is 0.758. The van der Waals surface area contributed by atoms with Gasteiger partial charge in [-0.05, 0) is 19.1 Å². The topological polar surface area (TPSA) is 12.4 Å². The zero-order valence-corrected chi connectivity index (χ0v) is 6.94. The van der Waals surface area contributed by atoms with Crippen LogP contribution in [-0.4, -0.2) is 12.1 Å². The lowest BCUT2D eigenvalue weighted by Crippen LogP contribution is -2.14. The van der Waals surface area contributed by atoms with Crippen molar-refractivity contribution in [2.45, 2.75) is 19.8 Å². The SMILES string of the molecule is CC1=C=CC=C(C(C)(F)F)C=N1. The Bertz CT molecular complexity index is 299. The Hall–Kier alpha value is -1.21. The lowest BCUT2D eigenvalue weighted by molar-refractivity contribution is 0.0707. The summed E-state index contributed by atoms with van der Waals surface area (Å²) in [6, 6.07) is 0. The van der Waals surface area contributed by atoms with Gasteiger partial charge < -0.3 is 0 Å². The van der Waals surface area contributed by atoms with Crippen molar-refractivity contribution < 1.29 is 8.78 Å². The zero-order chi connectivity index (χ0) is 9.19. The normalized spacial score (nSPS) is 17.0. The zero-order valence-electron chi connectivity index (χ0n) is 6.94. The van der Waals surface area contributed by atoms with Crippen molar-refractivity contribution in [2.75, 3.05) is 0 Å². The molecule has 0 amide bonds. The molecule has 0 fully saturated rings. The second kappa shape index (κ2) is 3.03. The van der Waals surface area contributed by atoms with Crippen molar-refractivity contribution in [3.05, 3.63) is 29.2 Å². The van der Waals surface area contributed by atoms with Crippen molar-refractivity contribution >= 4 is 6.21 Å². The van der Waals surface area contributed by atoms with Crippen molar-refractivity contribution in [1.29, 1.82) is 0 Å². The fraction of sp³-hybridized carbons (Fsp3) is 0.333. The Morgan fingerprint density at radius 1 is 1.50 bits per heavy atom. The van der Waals surface area contributed by atoms with Crippen LogP contribution in [0.5, 0.6) is 0 Å². The minimum absolute atomic E-state index is 0.0909. The fourth-order valence-corrected chi connectivity index (χ4v) is 0.758. The van der Waals surface area contributed by atoms with Crippen LogP contribution in [0.15, 0.2) is 34.1 Å². The molecule has 0 aromatic rings. The van der Waals surface area contributed by atoms with E-state index in [0.717, 1.165) is 6.92 Å². The molecule has 0 bridgehead atoms. The summed E-state index contributed by atoms with van der Waals surface area (Å²) in [5.41, 5.74) is 3.24. The molecule has 1 rings (SSSR count). The maximum atomic E-state index is 12.7. The van der Waals surface area contributed by atoms with Gasteiger partial charge in [0.05, 0.1) is 5.70 Å². The summed E-state index contributed by atoms with van der Waals surface area (Å²) < 4.78 is 25.4. The highest BCUT2D eigenvalue weighted by Crippen LogP contribution is 2.22. The maximum Gasteiger partial charge on any atom is 0.272 e. The molecule has 1 aliphatic rings. The summed E-state index contributed by atoms with van der Waals surface area (Å²) in [5.74, 6) is -2.83. The van der Waals surface area contributed by atoms with Crippen molar-refractivity contribution in [1.82, 2.24) is 0 Å². The summed E-state index contributed by atoms with van der Waals surface area (Å²) in [6.07, 6.45) is 3.95. The molecule has 0 saturated heterocycles. The Morgan fingerprint density at radius 3 is 2.75 bits per heavy atom. The van der Waals surface area contributed by atoms with E-state index in [0.29, 0.717) is 5.70 Å². The lowest BCUT2D eigenvalue weighted by Gasteiger charge is -2.08. The minimum atomic E-state index is -2.83. The third-order valence-corrected chi connectivity index (χ3v) is 1.46. The predicted octanol–water partition coefficient (Wildman–Crippen LogP) is 2.71. The van der Waals surface area contributed by atoms with Gasteiger partial charge >= 0.3 is 0 Å². The van der Waals surface area contributed by atoms with Crippen LogP contribution < -0.4 is 0 Å². The van der Waals surface area contributed by atoms with Crippen LogP contribution in [0, 0.1) is 0 Å². The van der Waals surface area contributed by atoms with Crippen LogP contribution in [0.25, 0.3) is 0 Å². The number of allylic oxidation sites excluding steroid dienone is 3. The first-order valence-corrected chi connectivity index (χ1v) is 3.56. The van der Waals surface area contributed by atoms with Crippen LogP contribution in [0.3, 0.4) is 0 Å². The van der Waals surface area contributed by atoms with Crippen LogP contribution in [0.1, 0.15) is 13.8 Å². The summed E-state index contributed by atoms with van der Waals surface area (Å²) in [4.78, 5) is 3.77. The van der Waals surface area contributed by atoms with E-state index < -0.39 is 5.92 Å². The number of rotatable bonds is 1. The number of hydrogen-bond donors (Lipinski definition) is 0. The Balaban J connectivity index is 2.96. The average Bonchev–Trinajstić information content (AvgIpc) is 2.11. The van der Waals surface area contributed by atoms with E-state index in [1.54, 1.807) is 6.92 Å². The highest BCUT2D eigenvalue weighted by atomic mass is 19.3. The van der Waals surface area contributed by atoms with E-state index in [4.69, 9.17) is 0 Å². The van der Waals surface area contributed by atoms with Crippen LogP contribution >= 0.6 is 0 Å². The van der Waals surface area contributed by atoms with Crippen LogP contribution in [-0.2, 0) is 0 Å². The summed E-state index contributed by atoms with van der Waals surface area (Å²) >= 11 is 0. The smallest absolute Gasteiger partial charge is 0.253 e. The van der Waals surface area contributed by atoms with E-state index in [-0.39, 0.29) is 5.57 Å². The number of hydrogen-bond acceptors (Lipinski definition) is 1. The number of halogens is 2. The molecule has 1 heterocycles. The van der Waals surface area contributed by atoms with E-state index in [2.05, 4.69) is 10.7 Å². The van der Waals surface area contributed by atoms with Gasteiger partial charge in [-0.2, -0.15) is 0 Å². The van der Waals surface area contributed by atoms with Crippen molar-refractivity contribution in [2.24, 2.45) is 4.99 Å². The van der Waals surface area contributed by atoms with Gasteiger partial charge in [0.15, 0.2) is 0 Å².